The van der Waals surface area contributed by atoms with Gasteiger partial charge in [-0.3, -0.25) is 9.78 Å². The smallest absolute Gasteiger partial charge is 0.257 e. The fourth-order valence-electron chi connectivity index (χ4n) is 3.47. The third-order valence-electron chi connectivity index (χ3n) is 4.73. The van der Waals surface area contributed by atoms with Gasteiger partial charge in [0.2, 0.25) is 0 Å². The number of aromatic nitrogens is 3. The second-order valence-electron chi connectivity index (χ2n) is 6.88. The molecule has 4 aromatic rings. The second-order valence-corrected chi connectivity index (χ2v) is 6.88. The topological polar surface area (TPSA) is 59.8 Å². The summed E-state index contributed by atoms with van der Waals surface area (Å²) >= 11 is 0. The molecular formula is C22H19FN4O. The first-order valence-corrected chi connectivity index (χ1v) is 8.91. The lowest BCUT2D eigenvalue weighted by Gasteiger charge is -2.13. The SMILES string of the molecule is Cc1cc(C)c(NC(=O)c2cncc3c2cnn3-c2ccc(F)cc2)c(C)c1. The Kier molecular flexibility index (Phi) is 4.39. The molecule has 0 aliphatic heterocycles. The number of aryl methyl sites for hydroxylation is 3. The third kappa shape index (κ3) is 3.13. The number of nitrogens with one attached hydrogen (secondary N) is 1. The van der Waals surface area contributed by atoms with E-state index in [0.717, 1.165) is 22.4 Å². The zero-order chi connectivity index (χ0) is 19.8. The maximum atomic E-state index is 13.2. The molecule has 2 aromatic carbocycles. The fraction of sp³-hybridized carbons (Fsp3) is 0.136. The molecule has 0 fully saturated rings. The fourth-order valence-corrected chi connectivity index (χ4v) is 3.47. The molecule has 0 atom stereocenters. The van der Waals surface area contributed by atoms with Gasteiger partial charge in [-0.2, -0.15) is 5.10 Å². The van der Waals surface area contributed by atoms with Crippen molar-refractivity contribution in [3.8, 4) is 5.69 Å². The van der Waals surface area contributed by atoms with Gasteiger partial charge in [-0.15, -0.1) is 0 Å². The van der Waals surface area contributed by atoms with E-state index in [4.69, 9.17) is 0 Å². The molecule has 0 saturated heterocycles. The largest absolute Gasteiger partial charge is 0.321 e. The molecule has 0 unspecified atom stereocenters. The number of halogens is 1. The number of hydrogen-bond donors (Lipinski definition) is 1. The number of nitrogens with zero attached hydrogens (tertiary/aromatic N) is 3. The number of pyridine rings is 1. The van der Waals surface area contributed by atoms with E-state index in [1.54, 1.807) is 29.2 Å². The van der Waals surface area contributed by atoms with Crippen LogP contribution in [0.3, 0.4) is 0 Å². The number of anilines is 1. The molecule has 1 N–H and O–H groups in total. The average molecular weight is 374 g/mol. The van der Waals surface area contributed by atoms with Crippen LogP contribution in [0.5, 0.6) is 0 Å². The zero-order valence-electron chi connectivity index (χ0n) is 15.8. The lowest BCUT2D eigenvalue weighted by atomic mass is 10.0. The normalized spacial score (nSPS) is 11.0. The minimum atomic E-state index is -0.317. The Morgan fingerprint density at radius 3 is 2.36 bits per heavy atom. The molecule has 0 aliphatic rings. The van der Waals surface area contributed by atoms with Gasteiger partial charge in [-0.25, -0.2) is 9.07 Å². The summed E-state index contributed by atoms with van der Waals surface area (Å²) in [6.45, 7) is 5.97. The predicted molar refractivity (Wildman–Crippen MR) is 107 cm³/mol. The predicted octanol–water partition coefficient (Wildman–Crippen LogP) is 4.74. The summed E-state index contributed by atoms with van der Waals surface area (Å²) in [5, 5.41) is 8.05. The lowest BCUT2D eigenvalue weighted by Crippen LogP contribution is -2.14. The van der Waals surface area contributed by atoms with Crippen molar-refractivity contribution in [1.29, 1.82) is 0 Å². The minimum Gasteiger partial charge on any atom is -0.321 e. The maximum absolute atomic E-state index is 13.2. The summed E-state index contributed by atoms with van der Waals surface area (Å²) in [7, 11) is 0. The van der Waals surface area contributed by atoms with Crippen LogP contribution in [0, 0.1) is 26.6 Å². The summed E-state index contributed by atoms with van der Waals surface area (Å²) in [6.07, 6.45) is 4.81. The minimum absolute atomic E-state index is 0.244. The Balaban J connectivity index is 1.74. The molecule has 28 heavy (non-hydrogen) atoms. The number of carbonyl (C=O) groups excluding carboxylic acids is 1. The van der Waals surface area contributed by atoms with E-state index in [-0.39, 0.29) is 11.7 Å². The van der Waals surface area contributed by atoms with Crippen molar-refractivity contribution >= 4 is 22.5 Å². The van der Waals surface area contributed by atoms with Crippen LogP contribution in [-0.4, -0.2) is 20.7 Å². The van der Waals surface area contributed by atoms with Crippen LogP contribution in [0.4, 0.5) is 10.1 Å². The molecule has 0 spiro atoms. The van der Waals surface area contributed by atoms with E-state index >= 15 is 0 Å². The van der Waals surface area contributed by atoms with E-state index in [0.29, 0.717) is 22.2 Å². The Morgan fingerprint density at radius 2 is 1.68 bits per heavy atom. The second kappa shape index (κ2) is 6.88. The number of rotatable bonds is 3. The summed E-state index contributed by atoms with van der Waals surface area (Å²) < 4.78 is 14.9. The Labute approximate surface area is 161 Å². The highest BCUT2D eigenvalue weighted by Crippen LogP contribution is 2.25. The first-order valence-electron chi connectivity index (χ1n) is 8.91. The molecule has 0 radical (unpaired) electrons. The average Bonchev–Trinajstić information content (AvgIpc) is 3.09. The molecule has 140 valence electrons. The molecule has 0 bridgehead atoms. The van der Waals surface area contributed by atoms with Gasteiger partial charge in [0.25, 0.3) is 5.91 Å². The number of benzene rings is 2. The van der Waals surface area contributed by atoms with Gasteiger partial charge in [-0.1, -0.05) is 17.7 Å². The molecule has 0 saturated carbocycles. The molecule has 4 rings (SSSR count). The van der Waals surface area contributed by atoms with Crippen molar-refractivity contribution in [2.75, 3.05) is 5.32 Å². The van der Waals surface area contributed by atoms with Gasteiger partial charge in [-0.05, 0) is 56.2 Å². The van der Waals surface area contributed by atoms with Crippen molar-refractivity contribution in [1.82, 2.24) is 14.8 Å². The van der Waals surface area contributed by atoms with Gasteiger partial charge >= 0.3 is 0 Å². The first-order chi connectivity index (χ1) is 13.4. The van der Waals surface area contributed by atoms with E-state index in [1.165, 1.54) is 18.3 Å². The highest BCUT2D eigenvalue weighted by molar-refractivity contribution is 6.12. The van der Waals surface area contributed by atoms with Crippen LogP contribution < -0.4 is 5.32 Å². The Morgan fingerprint density at radius 1 is 1.00 bits per heavy atom. The number of fused-ring (bicyclic) bond motifs is 1. The molecule has 1 amide bonds. The highest BCUT2D eigenvalue weighted by atomic mass is 19.1. The zero-order valence-corrected chi connectivity index (χ0v) is 15.8. The number of carbonyl (C=O) groups is 1. The van der Waals surface area contributed by atoms with Crippen LogP contribution in [0.1, 0.15) is 27.0 Å². The molecule has 2 heterocycles. The molecule has 0 aliphatic carbocycles. The van der Waals surface area contributed by atoms with E-state index in [9.17, 15) is 9.18 Å². The van der Waals surface area contributed by atoms with E-state index in [2.05, 4.69) is 15.4 Å². The van der Waals surface area contributed by atoms with Crippen molar-refractivity contribution in [3.05, 3.63) is 83.1 Å². The number of hydrogen-bond acceptors (Lipinski definition) is 3. The standard InChI is InChI=1S/C22H19FN4O/c1-13-8-14(2)21(15(3)9-13)26-22(28)19-10-24-12-20-18(19)11-25-27(20)17-6-4-16(23)5-7-17/h4-12H,1-3H3,(H,26,28). The van der Waals surface area contributed by atoms with Gasteiger partial charge in [0.05, 0.1) is 29.2 Å². The van der Waals surface area contributed by atoms with Crippen LogP contribution in [0.25, 0.3) is 16.6 Å². The highest BCUT2D eigenvalue weighted by Gasteiger charge is 2.16. The monoisotopic (exact) mass is 374 g/mol. The van der Waals surface area contributed by atoms with Crippen LogP contribution in [0.2, 0.25) is 0 Å². The van der Waals surface area contributed by atoms with Crippen molar-refractivity contribution < 1.29 is 9.18 Å². The van der Waals surface area contributed by atoms with Gasteiger partial charge in [0, 0.05) is 17.3 Å². The van der Waals surface area contributed by atoms with Crippen LogP contribution in [-0.2, 0) is 0 Å². The maximum Gasteiger partial charge on any atom is 0.257 e. The molecule has 6 heteroatoms. The number of amides is 1. The van der Waals surface area contributed by atoms with Crippen LogP contribution in [0.15, 0.2) is 55.0 Å². The molecule has 2 aromatic heterocycles. The molecular weight excluding hydrogens is 355 g/mol. The summed E-state index contributed by atoms with van der Waals surface area (Å²) in [4.78, 5) is 17.2. The lowest BCUT2D eigenvalue weighted by molar-refractivity contribution is 0.102. The molecule has 5 nitrogen and oxygen atoms in total. The van der Waals surface area contributed by atoms with Crippen LogP contribution >= 0.6 is 0 Å². The summed E-state index contributed by atoms with van der Waals surface area (Å²) in [5.74, 6) is -0.561. The van der Waals surface area contributed by atoms with E-state index in [1.807, 2.05) is 32.9 Å². The van der Waals surface area contributed by atoms with Crippen molar-refractivity contribution in [3.63, 3.8) is 0 Å². The summed E-state index contributed by atoms with van der Waals surface area (Å²) in [5.41, 5.74) is 5.78. The van der Waals surface area contributed by atoms with Crippen molar-refractivity contribution in [2.45, 2.75) is 20.8 Å². The van der Waals surface area contributed by atoms with Gasteiger partial charge in [0.15, 0.2) is 0 Å². The summed E-state index contributed by atoms with van der Waals surface area (Å²) in [6, 6.07) is 10.1. The van der Waals surface area contributed by atoms with E-state index < -0.39 is 0 Å². The third-order valence-corrected chi connectivity index (χ3v) is 4.73. The van der Waals surface area contributed by atoms with Crippen molar-refractivity contribution in [2.24, 2.45) is 0 Å². The van der Waals surface area contributed by atoms with Gasteiger partial charge in [0.1, 0.15) is 5.82 Å². The Hall–Kier alpha value is -3.54. The van der Waals surface area contributed by atoms with Gasteiger partial charge < -0.3 is 5.32 Å². The quantitative estimate of drug-likeness (QED) is 0.564. The first kappa shape index (κ1) is 17.9. The Bertz CT molecular complexity index is 1170.